The summed E-state index contributed by atoms with van der Waals surface area (Å²) in [5.74, 6) is 0. The van der Waals surface area contributed by atoms with Crippen molar-refractivity contribution < 1.29 is 0 Å². The second-order valence-corrected chi connectivity index (χ2v) is 5.07. The zero-order chi connectivity index (χ0) is 9.54. The summed E-state index contributed by atoms with van der Waals surface area (Å²) in [5.41, 5.74) is 0. The van der Waals surface area contributed by atoms with Crippen LogP contribution in [-0.2, 0) is 0 Å². The molecule has 0 amide bonds. The van der Waals surface area contributed by atoms with Crippen LogP contribution < -0.4 is 0 Å². The molecule has 68 valence electrons. The van der Waals surface area contributed by atoms with Gasteiger partial charge in [-0.05, 0) is 16.6 Å². The van der Waals surface area contributed by atoms with Gasteiger partial charge in [0, 0.05) is 15.5 Å². The van der Waals surface area contributed by atoms with Crippen LogP contribution in [0.5, 0.6) is 0 Å². The maximum absolute atomic E-state index is 6.20. The van der Waals surface area contributed by atoms with E-state index in [1.807, 2.05) is 12.1 Å². The van der Waals surface area contributed by atoms with Crippen LogP contribution in [0.15, 0.2) is 42.5 Å². The Bertz CT molecular complexity index is 610. The predicted molar refractivity (Wildman–Crippen MR) is 66.0 cm³/mol. The minimum absolute atomic E-state index is 0.763. The molecule has 1 atom stereocenters. The fourth-order valence-electron chi connectivity index (χ4n) is 1.86. The van der Waals surface area contributed by atoms with E-state index < -0.39 is 0 Å². The number of rotatable bonds is 0. The first-order valence-electron chi connectivity index (χ1n) is 4.51. The fourth-order valence-corrected chi connectivity index (χ4v) is 3.60. The normalized spacial score (nSPS) is 11.8. The van der Waals surface area contributed by atoms with E-state index in [0.29, 0.717) is 0 Å². The Kier molecular flexibility index (Phi) is 1.80. The van der Waals surface area contributed by atoms with Crippen LogP contribution in [0.4, 0.5) is 0 Å². The van der Waals surface area contributed by atoms with E-state index >= 15 is 0 Å². The number of halogens is 1. The third-order valence-corrected chi connectivity index (χ3v) is 4.19. The van der Waals surface area contributed by atoms with Gasteiger partial charge in [-0.25, -0.2) is 0 Å². The molecular weight excluding hydrogens is 211 g/mol. The summed E-state index contributed by atoms with van der Waals surface area (Å²) in [6, 6.07) is 14.7. The molecule has 1 aromatic heterocycles. The van der Waals surface area contributed by atoms with Crippen molar-refractivity contribution in [1.82, 2.24) is 0 Å². The molecule has 14 heavy (non-hydrogen) atoms. The monoisotopic (exact) mass is 218 g/mol. The Morgan fingerprint density at radius 3 is 2.57 bits per heavy atom. The van der Waals surface area contributed by atoms with E-state index in [-0.39, 0.29) is 0 Å². The van der Waals surface area contributed by atoms with E-state index in [9.17, 15) is 0 Å². The largest absolute Gasteiger partial charge is 0.123 e. The third kappa shape index (κ3) is 1.08. The molecule has 0 nitrogen and oxygen atoms in total. The van der Waals surface area contributed by atoms with Gasteiger partial charge in [0.15, 0.2) is 0 Å². The van der Waals surface area contributed by atoms with Gasteiger partial charge >= 0.3 is 0 Å². The smallest absolute Gasteiger partial charge is 0.0494 e. The average molecular weight is 219 g/mol. The van der Waals surface area contributed by atoms with Gasteiger partial charge in [-0.15, -0.1) is 8.19 Å². The molecule has 0 saturated heterocycles. The molecule has 0 bridgehead atoms. The quantitative estimate of drug-likeness (QED) is 0.514. The minimum atomic E-state index is 0.763. The molecule has 3 aromatic rings. The summed E-state index contributed by atoms with van der Waals surface area (Å²) in [6.07, 6.45) is 0. The fraction of sp³-hybridized carbons (Fsp3) is 0. The van der Waals surface area contributed by atoms with Gasteiger partial charge in [0.25, 0.3) is 0 Å². The van der Waals surface area contributed by atoms with Gasteiger partial charge in [0.1, 0.15) is 0 Å². The van der Waals surface area contributed by atoms with Gasteiger partial charge in [0.05, 0.1) is 0 Å². The van der Waals surface area contributed by atoms with Gasteiger partial charge in [-0.2, -0.15) is 0 Å². The van der Waals surface area contributed by atoms with E-state index in [2.05, 4.69) is 30.3 Å². The topological polar surface area (TPSA) is 0 Å². The van der Waals surface area contributed by atoms with Crippen molar-refractivity contribution >= 4 is 40.8 Å². The third-order valence-electron chi connectivity index (χ3n) is 2.48. The van der Waals surface area contributed by atoms with Crippen molar-refractivity contribution in [1.29, 1.82) is 0 Å². The SMILES string of the molecule is Clc1cccc2[pH]c3ccccc3c12. The molecule has 0 aliphatic heterocycles. The zero-order valence-corrected chi connectivity index (χ0v) is 9.18. The van der Waals surface area contributed by atoms with E-state index in [0.717, 1.165) is 13.2 Å². The zero-order valence-electron chi connectivity index (χ0n) is 7.42. The molecule has 0 radical (unpaired) electrons. The summed E-state index contributed by atoms with van der Waals surface area (Å²) >= 11 is 6.20. The molecule has 0 aliphatic carbocycles. The molecule has 2 heteroatoms. The molecule has 3 rings (SSSR count). The van der Waals surface area contributed by atoms with Crippen molar-refractivity contribution in [3.63, 3.8) is 0 Å². The van der Waals surface area contributed by atoms with Crippen molar-refractivity contribution in [2.75, 3.05) is 0 Å². The molecule has 1 unspecified atom stereocenters. The highest BCUT2D eigenvalue weighted by Crippen LogP contribution is 2.40. The highest BCUT2D eigenvalue weighted by molar-refractivity contribution is 7.44. The van der Waals surface area contributed by atoms with E-state index in [1.54, 1.807) is 0 Å². The molecule has 1 heterocycles. The first-order chi connectivity index (χ1) is 6.86. The molecule has 0 spiro atoms. The molecule has 2 aromatic carbocycles. The summed E-state index contributed by atoms with van der Waals surface area (Å²) in [6.45, 7) is 0. The van der Waals surface area contributed by atoms with Crippen molar-refractivity contribution in [2.24, 2.45) is 0 Å². The van der Waals surface area contributed by atoms with Gasteiger partial charge < -0.3 is 0 Å². The maximum Gasteiger partial charge on any atom is 0.0494 e. The lowest BCUT2D eigenvalue weighted by molar-refractivity contribution is 1.84. The second kappa shape index (κ2) is 3.02. The van der Waals surface area contributed by atoms with Crippen LogP contribution in [0.25, 0.3) is 21.0 Å². The van der Waals surface area contributed by atoms with Crippen LogP contribution in [0.2, 0.25) is 5.02 Å². The van der Waals surface area contributed by atoms with Crippen LogP contribution in [0.1, 0.15) is 0 Å². The van der Waals surface area contributed by atoms with E-state index in [1.165, 1.54) is 21.0 Å². The van der Waals surface area contributed by atoms with Crippen molar-refractivity contribution in [3.8, 4) is 0 Å². The number of benzene rings is 2. The Labute approximate surface area is 88.6 Å². The lowest BCUT2D eigenvalue weighted by Crippen LogP contribution is -1.67. The van der Waals surface area contributed by atoms with Gasteiger partial charge in [-0.3, -0.25) is 0 Å². The first-order valence-corrected chi connectivity index (χ1v) is 5.89. The Morgan fingerprint density at radius 1 is 0.857 bits per heavy atom. The Morgan fingerprint density at radius 2 is 1.64 bits per heavy atom. The number of fused-ring (bicyclic) bond motifs is 3. The molecular formula is C12H8ClP. The van der Waals surface area contributed by atoms with E-state index in [4.69, 9.17) is 11.6 Å². The van der Waals surface area contributed by atoms with Crippen LogP contribution >= 0.6 is 19.8 Å². The summed E-state index contributed by atoms with van der Waals surface area (Å²) in [7, 11) is 0.763. The Hall–Kier alpha value is -0.970. The molecule has 0 saturated carbocycles. The highest BCUT2D eigenvalue weighted by Gasteiger charge is 2.05. The lowest BCUT2D eigenvalue weighted by atomic mass is 10.1. The molecule has 0 N–H and O–H groups in total. The minimum Gasteiger partial charge on any atom is -0.123 e. The van der Waals surface area contributed by atoms with Gasteiger partial charge in [0.2, 0.25) is 0 Å². The summed E-state index contributed by atoms with van der Waals surface area (Å²) in [4.78, 5) is 0. The van der Waals surface area contributed by atoms with Crippen LogP contribution in [0, 0.1) is 0 Å². The lowest BCUT2D eigenvalue weighted by Gasteiger charge is -1.94. The molecule has 0 fully saturated rings. The van der Waals surface area contributed by atoms with Crippen LogP contribution in [0.3, 0.4) is 0 Å². The standard InChI is InChI=1S/C12H8ClP/c13-9-5-3-7-11-12(9)8-4-1-2-6-10(8)14-11/h1-7,14H. The molecule has 0 aliphatic rings. The summed E-state index contributed by atoms with van der Waals surface area (Å²) < 4.78 is 0. The first kappa shape index (κ1) is 8.35. The number of hydrogen-bond donors (Lipinski definition) is 0. The highest BCUT2D eigenvalue weighted by atomic mass is 35.5. The van der Waals surface area contributed by atoms with Crippen LogP contribution in [-0.4, -0.2) is 0 Å². The Balaban J connectivity index is 2.65. The second-order valence-electron chi connectivity index (χ2n) is 3.33. The maximum atomic E-state index is 6.20. The number of hydrogen-bond acceptors (Lipinski definition) is 0. The summed E-state index contributed by atoms with van der Waals surface area (Å²) in [5, 5.41) is 6.21. The van der Waals surface area contributed by atoms with Crippen molar-refractivity contribution in [3.05, 3.63) is 47.5 Å². The van der Waals surface area contributed by atoms with Gasteiger partial charge in [-0.1, -0.05) is 48.0 Å². The average Bonchev–Trinajstić information content (AvgIpc) is 2.57. The predicted octanol–water partition coefficient (Wildman–Crippen LogP) is 4.68. The van der Waals surface area contributed by atoms with Crippen molar-refractivity contribution in [2.45, 2.75) is 0 Å².